The third-order valence-electron chi connectivity index (χ3n) is 2.87. The SMILES string of the molecule is Cn1ccc(CNC(=O)c2n[nH]c(C3CC3)n2)n1. The van der Waals surface area contributed by atoms with Crippen LogP contribution in [-0.2, 0) is 13.6 Å². The lowest BCUT2D eigenvalue weighted by atomic mass is 10.4. The molecule has 0 saturated heterocycles. The number of aryl methyl sites for hydroxylation is 1. The van der Waals surface area contributed by atoms with E-state index >= 15 is 0 Å². The minimum Gasteiger partial charge on any atom is -0.344 e. The van der Waals surface area contributed by atoms with Gasteiger partial charge in [-0.05, 0) is 18.9 Å². The maximum Gasteiger partial charge on any atom is 0.291 e. The summed E-state index contributed by atoms with van der Waals surface area (Å²) in [5, 5.41) is 13.6. The Hall–Kier alpha value is -2.18. The molecule has 0 atom stereocenters. The van der Waals surface area contributed by atoms with E-state index in [9.17, 15) is 4.79 Å². The number of rotatable bonds is 4. The van der Waals surface area contributed by atoms with Crippen molar-refractivity contribution in [2.45, 2.75) is 25.3 Å². The lowest BCUT2D eigenvalue weighted by molar-refractivity contribution is 0.0940. The van der Waals surface area contributed by atoms with Gasteiger partial charge < -0.3 is 5.32 Å². The highest BCUT2D eigenvalue weighted by molar-refractivity contribution is 5.90. The Balaban J connectivity index is 1.59. The maximum absolute atomic E-state index is 11.8. The molecule has 2 aromatic heterocycles. The van der Waals surface area contributed by atoms with E-state index in [0.717, 1.165) is 24.4 Å². The number of hydrogen-bond donors (Lipinski definition) is 2. The van der Waals surface area contributed by atoms with Gasteiger partial charge in [0.25, 0.3) is 5.91 Å². The molecular weight excluding hydrogens is 232 g/mol. The number of amides is 1. The molecule has 2 aromatic rings. The largest absolute Gasteiger partial charge is 0.344 e. The van der Waals surface area contributed by atoms with Gasteiger partial charge in [0.15, 0.2) is 0 Å². The number of aromatic amines is 1. The van der Waals surface area contributed by atoms with E-state index < -0.39 is 0 Å². The molecule has 0 radical (unpaired) electrons. The van der Waals surface area contributed by atoms with Gasteiger partial charge in [0.1, 0.15) is 5.82 Å². The molecular formula is C11H14N6O. The second kappa shape index (κ2) is 4.25. The van der Waals surface area contributed by atoms with Crippen LogP contribution in [0, 0.1) is 0 Å². The van der Waals surface area contributed by atoms with Crippen LogP contribution in [0.25, 0.3) is 0 Å². The molecule has 1 aliphatic rings. The van der Waals surface area contributed by atoms with Crippen LogP contribution in [-0.4, -0.2) is 30.9 Å². The monoisotopic (exact) mass is 246 g/mol. The molecule has 0 unspecified atom stereocenters. The highest BCUT2D eigenvalue weighted by atomic mass is 16.2. The van der Waals surface area contributed by atoms with Gasteiger partial charge in [-0.25, -0.2) is 4.98 Å². The summed E-state index contributed by atoms with van der Waals surface area (Å²) in [7, 11) is 1.84. The Morgan fingerprint density at radius 3 is 3.11 bits per heavy atom. The van der Waals surface area contributed by atoms with Crippen molar-refractivity contribution in [3.63, 3.8) is 0 Å². The van der Waals surface area contributed by atoms with Crippen molar-refractivity contribution < 1.29 is 4.79 Å². The zero-order valence-electron chi connectivity index (χ0n) is 10.1. The summed E-state index contributed by atoms with van der Waals surface area (Å²) < 4.78 is 1.69. The third kappa shape index (κ3) is 2.24. The van der Waals surface area contributed by atoms with Crippen molar-refractivity contribution in [2.75, 3.05) is 0 Å². The van der Waals surface area contributed by atoms with Crippen molar-refractivity contribution in [2.24, 2.45) is 7.05 Å². The number of aromatic nitrogens is 5. The van der Waals surface area contributed by atoms with E-state index in [2.05, 4.69) is 25.6 Å². The summed E-state index contributed by atoms with van der Waals surface area (Å²) >= 11 is 0. The first kappa shape index (κ1) is 10.9. The van der Waals surface area contributed by atoms with Gasteiger partial charge in [0.05, 0.1) is 12.2 Å². The molecule has 2 heterocycles. The van der Waals surface area contributed by atoms with Crippen LogP contribution in [0.5, 0.6) is 0 Å². The second-order valence-corrected chi connectivity index (χ2v) is 4.48. The Labute approximate surface area is 104 Å². The molecule has 1 aliphatic carbocycles. The van der Waals surface area contributed by atoms with Crippen molar-refractivity contribution in [3.8, 4) is 0 Å². The molecule has 0 aliphatic heterocycles. The molecule has 1 fully saturated rings. The molecule has 7 nitrogen and oxygen atoms in total. The first-order valence-corrected chi connectivity index (χ1v) is 5.91. The van der Waals surface area contributed by atoms with Gasteiger partial charge >= 0.3 is 0 Å². The van der Waals surface area contributed by atoms with Crippen LogP contribution >= 0.6 is 0 Å². The molecule has 7 heteroatoms. The van der Waals surface area contributed by atoms with E-state index in [1.54, 1.807) is 4.68 Å². The predicted molar refractivity (Wildman–Crippen MR) is 62.7 cm³/mol. The lowest BCUT2D eigenvalue weighted by Crippen LogP contribution is -2.24. The maximum atomic E-state index is 11.8. The van der Waals surface area contributed by atoms with Gasteiger partial charge in [-0.3, -0.25) is 14.6 Å². The van der Waals surface area contributed by atoms with Gasteiger partial charge in [0.2, 0.25) is 5.82 Å². The highest BCUT2D eigenvalue weighted by Crippen LogP contribution is 2.37. The summed E-state index contributed by atoms with van der Waals surface area (Å²) in [5.74, 6) is 1.21. The number of nitrogens with zero attached hydrogens (tertiary/aromatic N) is 4. The molecule has 3 rings (SSSR count). The van der Waals surface area contributed by atoms with E-state index in [1.807, 2.05) is 19.3 Å². The summed E-state index contributed by atoms with van der Waals surface area (Å²) in [5.41, 5.74) is 0.809. The molecule has 0 spiro atoms. The van der Waals surface area contributed by atoms with E-state index in [1.165, 1.54) is 0 Å². The summed E-state index contributed by atoms with van der Waals surface area (Å²) in [6, 6.07) is 1.86. The van der Waals surface area contributed by atoms with Crippen LogP contribution in [0.3, 0.4) is 0 Å². The van der Waals surface area contributed by atoms with Gasteiger partial charge in [-0.1, -0.05) is 0 Å². The number of hydrogen-bond acceptors (Lipinski definition) is 4. The summed E-state index contributed by atoms with van der Waals surface area (Å²) in [6.07, 6.45) is 4.09. The average molecular weight is 246 g/mol. The molecule has 1 saturated carbocycles. The zero-order chi connectivity index (χ0) is 12.5. The van der Waals surface area contributed by atoms with Gasteiger partial charge in [-0.15, -0.1) is 5.10 Å². The van der Waals surface area contributed by atoms with Crippen LogP contribution in [0.2, 0.25) is 0 Å². The van der Waals surface area contributed by atoms with E-state index in [-0.39, 0.29) is 11.7 Å². The summed E-state index contributed by atoms with van der Waals surface area (Å²) in [4.78, 5) is 16.0. The highest BCUT2D eigenvalue weighted by Gasteiger charge is 2.28. The van der Waals surface area contributed by atoms with Crippen LogP contribution < -0.4 is 5.32 Å². The molecule has 0 aromatic carbocycles. The number of carbonyl (C=O) groups is 1. The molecule has 18 heavy (non-hydrogen) atoms. The fourth-order valence-corrected chi connectivity index (χ4v) is 1.72. The smallest absolute Gasteiger partial charge is 0.291 e. The predicted octanol–water partition coefficient (Wildman–Crippen LogP) is 0.346. The zero-order valence-corrected chi connectivity index (χ0v) is 10.1. The Morgan fingerprint density at radius 2 is 2.44 bits per heavy atom. The van der Waals surface area contributed by atoms with Crippen molar-refractivity contribution in [1.82, 2.24) is 30.3 Å². The van der Waals surface area contributed by atoms with E-state index in [4.69, 9.17) is 0 Å². The van der Waals surface area contributed by atoms with Crippen LogP contribution in [0.1, 0.15) is 40.9 Å². The topological polar surface area (TPSA) is 88.5 Å². The standard InChI is InChI=1S/C11H14N6O/c1-17-5-4-8(16-17)6-12-11(18)10-13-9(14-15-10)7-2-3-7/h4-5,7H,2-3,6H2,1H3,(H,12,18)(H,13,14,15). The van der Waals surface area contributed by atoms with E-state index in [0.29, 0.717) is 12.5 Å². The number of H-pyrrole nitrogens is 1. The quantitative estimate of drug-likeness (QED) is 0.814. The molecule has 2 N–H and O–H groups in total. The normalized spacial score (nSPS) is 14.7. The number of nitrogens with one attached hydrogen (secondary N) is 2. The van der Waals surface area contributed by atoms with Crippen molar-refractivity contribution in [3.05, 3.63) is 29.6 Å². The van der Waals surface area contributed by atoms with Crippen molar-refractivity contribution in [1.29, 1.82) is 0 Å². The summed E-state index contributed by atoms with van der Waals surface area (Å²) in [6.45, 7) is 0.382. The Morgan fingerprint density at radius 1 is 1.61 bits per heavy atom. The van der Waals surface area contributed by atoms with Gasteiger partial charge in [-0.2, -0.15) is 5.10 Å². The van der Waals surface area contributed by atoms with Gasteiger partial charge in [0, 0.05) is 19.2 Å². The Kier molecular flexibility index (Phi) is 2.58. The second-order valence-electron chi connectivity index (χ2n) is 4.48. The molecule has 1 amide bonds. The lowest BCUT2D eigenvalue weighted by Gasteiger charge is -1.98. The number of carbonyl (C=O) groups excluding carboxylic acids is 1. The molecule has 94 valence electrons. The minimum atomic E-state index is -0.274. The van der Waals surface area contributed by atoms with Crippen LogP contribution in [0.15, 0.2) is 12.3 Å². The first-order chi connectivity index (χ1) is 8.72. The molecule has 0 bridgehead atoms. The minimum absolute atomic E-state index is 0.202. The fourth-order valence-electron chi connectivity index (χ4n) is 1.72. The average Bonchev–Trinajstić information content (AvgIpc) is 2.94. The van der Waals surface area contributed by atoms with Crippen molar-refractivity contribution >= 4 is 5.91 Å². The Bertz CT molecular complexity index is 568. The fraction of sp³-hybridized carbons (Fsp3) is 0.455. The van der Waals surface area contributed by atoms with Crippen LogP contribution in [0.4, 0.5) is 0 Å². The first-order valence-electron chi connectivity index (χ1n) is 5.91. The third-order valence-corrected chi connectivity index (χ3v) is 2.87.